The highest BCUT2D eigenvalue weighted by molar-refractivity contribution is 5.85. The van der Waals surface area contributed by atoms with E-state index in [-0.39, 0.29) is 0 Å². The van der Waals surface area contributed by atoms with E-state index in [4.69, 9.17) is 0 Å². The van der Waals surface area contributed by atoms with Crippen LogP contribution in [0.15, 0.2) is 30.9 Å². The maximum atomic E-state index is 4.50. The first-order chi connectivity index (χ1) is 10.2. The van der Waals surface area contributed by atoms with Crippen molar-refractivity contribution in [3.63, 3.8) is 0 Å². The van der Waals surface area contributed by atoms with Crippen molar-refractivity contribution < 1.29 is 0 Å². The summed E-state index contributed by atoms with van der Waals surface area (Å²) >= 11 is 0. The number of benzene rings is 1. The van der Waals surface area contributed by atoms with Gasteiger partial charge in [-0.3, -0.25) is 0 Å². The van der Waals surface area contributed by atoms with E-state index in [1.807, 2.05) is 6.33 Å². The molecule has 5 heteroatoms. The molecule has 4 rings (SSSR count). The van der Waals surface area contributed by atoms with Crippen LogP contribution in [-0.2, 0) is 0 Å². The summed E-state index contributed by atoms with van der Waals surface area (Å²) in [7, 11) is 0. The minimum Gasteiger partial charge on any atom is -0.338 e. The van der Waals surface area contributed by atoms with Crippen LogP contribution in [0.3, 0.4) is 0 Å². The molecule has 1 aliphatic rings. The molecule has 0 atom stereocenters. The van der Waals surface area contributed by atoms with Crippen LogP contribution in [0.4, 0.5) is 11.5 Å². The smallest absolute Gasteiger partial charge is 0.165 e. The van der Waals surface area contributed by atoms with E-state index >= 15 is 0 Å². The summed E-state index contributed by atoms with van der Waals surface area (Å²) in [4.78, 5) is 13.2. The second-order valence-corrected chi connectivity index (χ2v) is 5.78. The molecule has 0 radical (unpaired) electrons. The van der Waals surface area contributed by atoms with E-state index in [0.29, 0.717) is 6.04 Å². The van der Waals surface area contributed by atoms with Crippen molar-refractivity contribution in [3.8, 4) is 0 Å². The number of fused-ring (bicyclic) bond motifs is 1. The van der Waals surface area contributed by atoms with Gasteiger partial charge in [0.15, 0.2) is 17.0 Å². The van der Waals surface area contributed by atoms with Gasteiger partial charge in [0.1, 0.15) is 6.33 Å². The average molecular weight is 279 g/mol. The summed E-state index contributed by atoms with van der Waals surface area (Å²) in [6.07, 6.45) is 5.92. The summed E-state index contributed by atoms with van der Waals surface area (Å²) < 4.78 is 2.16. The Morgan fingerprint density at radius 1 is 1.05 bits per heavy atom. The molecule has 106 valence electrons. The number of nitrogens with one attached hydrogen (secondary N) is 1. The Bertz CT molecular complexity index is 796. The highest BCUT2D eigenvalue weighted by Crippen LogP contribution is 2.37. The Morgan fingerprint density at radius 2 is 1.81 bits per heavy atom. The van der Waals surface area contributed by atoms with Crippen molar-refractivity contribution in [2.75, 3.05) is 5.32 Å². The van der Waals surface area contributed by atoms with Crippen molar-refractivity contribution in [2.24, 2.45) is 0 Å². The van der Waals surface area contributed by atoms with Gasteiger partial charge >= 0.3 is 0 Å². The largest absolute Gasteiger partial charge is 0.338 e. The van der Waals surface area contributed by atoms with Gasteiger partial charge in [-0.1, -0.05) is 6.07 Å². The molecule has 1 fully saturated rings. The average Bonchev–Trinajstić information content (AvgIpc) is 3.17. The number of aryl methyl sites for hydroxylation is 2. The molecule has 3 aromatic rings. The van der Waals surface area contributed by atoms with Crippen molar-refractivity contribution in [1.82, 2.24) is 19.5 Å². The minimum atomic E-state index is 0.568. The van der Waals surface area contributed by atoms with Gasteiger partial charge in [0, 0.05) is 11.7 Å². The van der Waals surface area contributed by atoms with E-state index in [1.165, 1.54) is 24.0 Å². The number of imidazole rings is 1. The first-order valence-corrected chi connectivity index (χ1v) is 7.23. The quantitative estimate of drug-likeness (QED) is 0.797. The van der Waals surface area contributed by atoms with Crippen LogP contribution in [0.2, 0.25) is 0 Å². The van der Waals surface area contributed by atoms with Gasteiger partial charge in [0.25, 0.3) is 0 Å². The van der Waals surface area contributed by atoms with Gasteiger partial charge in [-0.2, -0.15) is 0 Å². The molecule has 1 aliphatic carbocycles. The van der Waals surface area contributed by atoms with E-state index in [0.717, 1.165) is 22.7 Å². The minimum absolute atomic E-state index is 0.568. The fraction of sp³-hybridized carbons (Fsp3) is 0.312. The van der Waals surface area contributed by atoms with Crippen LogP contribution < -0.4 is 5.32 Å². The predicted molar refractivity (Wildman–Crippen MR) is 82.8 cm³/mol. The molecule has 0 aliphatic heterocycles. The summed E-state index contributed by atoms with van der Waals surface area (Å²) in [5.74, 6) is 0.768. The van der Waals surface area contributed by atoms with Crippen LogP contribution in [0.5, 0.6) is 0 Å². The fourth-order valence-electron chi connectivity index (χ4n) is 2.75. The number of aromatic nitrogens is 4. The lowest BCUT2D eigenvalue weighted by Gasteiger charge is -2.08. The second kappa shape index (κ2) is 4.55. The maximum Gasteiger partial charge on any atom is 0.165 e. The highest BCUT2D eigenvalue weighted by Gasteiger charge is 2.26. The van der Waals surface area contributed by atoms with Gasteiger partial charge in [-0.05, 0) is 49.9 Å². The third kappa shape index (κ3) is 2.24. The Labute approximate surface area is 123 Å². The van der Waals surface area contributed by atoms with E-state index in [9.17, 15) is 0 Å². The van der Waals surface area contributed by atoms with E-state index < -0.39 is 0 Å². The third-order valence-electron chi connectivity index (χ3n) is 3.78. The molecule has 0 amide bonds. The molecule has 1 aromatic carbocycles. The zero-order valence-electron chi connectivity index (χ0n) is 12.2. The normalized spacial score (nSPS) is 14.6. The van der Waals surface area contributed by atoms with Gasteiger partial charge in [-0.15, -0.1) is 0 Å². The van der Waals surface area contributed by atoms with Gasteiger partial charge in [0.2, 0.25) is 0 Å². The van der Waals surface area contributed by atoms with Crippen LogP contribution in [0.1, 0.15) is 30.0 Å². The van der Waals surface area contributed by atoms with Crippen LogP contribution in [-0.4, -0.2) is 19.5 Å². The van der Waals surface area contributed by atoms with Gasteiger partial charge < -0.3 is 9.88 Å². The van der Waals surface area contributed by atoms with Crippen molar-refractivity contribution in [3.05, 3.63) is 42.0 Å². The number of anilines is 2. The number of hydrogen-bond acceptors (Lipinski definition) is 4. The lowest BCUT2D eigenvalue weighted by molar-refractivity contribution is 0.756. The molecular weight excluding hydrogens is 262 g/mol. The molecule has 1 saturated carbocycles. The number of nitrogens with zero attached hydrogens (tertiary/aromatic N) is 4. The second-order valence-electron chi connectivity index (χ2n) is 5.78. The molecule has 2 aromatic heterocycles. The number of hydrogen-bond donors (Lipinski definition) is 1. The maximum absolute atomic E-state index is 4.50. The lowest BCUT2D eigenvalue weighted by atomic mass is 10.1. The van der Waals surface area contributed by atoms with Crippen LogP contribution in [0.25, 0.3) is 11.2 Å². The summed E-state index contributed by atoms with van der Waals surface area (Å²) in [5, 5.41) is 3.37. The first kappa shape index (κ1) is 12.3. The Kier molecular flexibility index (Phi) is 2.67. The molecular formula is C16H17N5. The van der Waals surface area contributed by atoms with E-state index in [2.05, 4.69) is 56.9 Å². The predicted octanol–water partition coefficient (Wildman–Crippen LogP) is 3.52. The summed E-state index contributed by atoms with van der Waals surface area (Å²) in [6, 6.07) is 6.94. The zero-order valence-corrected chi connectivity index (χ0v) is 12.2. The third-order valence-corrected chi connectivity index (χ3v) is 3.78. The van der Waals surface area contributed by atoms with Crippen molar-refractivity contribution in [2.45, 2.75) is 32.7 Å². The number of rotatable bonds is 3. The molecule has 0 saturated heterocycles. The standard InChI is InChI=1S/C16H17N5/c1-10-5-11(2)7-12(6-10)20-15-14-16(18-8-17-15)21(9-19-14)13-3-4-13/h5-9,13H,3-4H2,1-2H3,(H,17,18,20). The fourth-order valence-corrected chi connectivity index (χ4v) is 2.75. The van der Waals surface area contributed by atoms with Crippen LogP contribution >= 0.6 is 0 Å². The van der Waals surface area contributed by atoms with Crippen molar-refractivity contribution >= 4 is 22.7 Å². The van der Waals surface area contributed by atoms with E-state index in [1.54, 1.807) is 6.33 Å². The SMILES string of the molecule is Cc1cc(C)cc(Nc2ncnc3c2ncn3C2CC2)c1. The molecule has 0 unspecified atom stereocenters. The van der Waals surface area contributed by atoms with Gasteiger partial charge in [0.05, 0.1) is 6.33 Å². The monoisotopic (exact) mass is 279 g/mol. The Hall–Kier alpha value is -2.43. The molecule has 2 heterocycles. The molecule has 1 N–H and O–H groups in total. The Morgan fingerprint density at radius 3 is 2.52 bits per heavy atom. The lowest BCUT2D eigenvalue weighted by Crippen LogP contribution is -1.98. The topological polar surface area (TPSA) is 55.6 Å². The van der Waals surface area contributed by atoms with Crippen LogP contribution in [0, 0.1) is 13.8 Å². The summed E-state index contributed by atoms with van der Waals surface area (Å²) in [6.45, 7) is 4.19. The molecule has 5 nitrogen and oxygen atoms in total. The molecule has 0 bridgehead atoms. The highest BCUT2D eigenvalue weighted by atomic mass is 15.2. The zero-order chi connectivity index (χ0) is 14.4. The molecule has 21 heavy (non-hydrogen) atoms. The Balaban J connectivity index is 1.76. The molecule has 0 spiro atoms. The first-order valence-electron chi connectivity index (χ1n) is 7.23. The summed E-state index contributed by atoms with van der Waals surface area (Å²) in [5.41, 5.74) is 5.24. The van der Waals surface area contributed by atoms with Crippen molar-refractivity contribution in [1.29, 1.82) is 0 Å². The van der Waals surface area contributed by atoms with Gasteiger partial charge in [-0.25, -0.2) is 15.0 Å².